The van der Waals surface area contributed by atoms with E-state index in [1.165, 1.54) is 31.6 Å². The lowest BCUT2D eigenvalue weighted by Gasteiger charge is -2.19. The number of anilines is 1. The van der Waals surface area contributed by atoms with Gasteiger partial charge in [-0.3, -0.25) is 0 Å². The molecule has 2 heteroatoms. The Kier molecular flexibility index (Phi) is 3.49. The van der Waals surface area contributed by atoms with Crippen LogP contribution in [0.4, 0.5) is 5.69 Å². The molecule has 0 bridgehead atoms. The third-order valence-corrected chi connectivity index (χ3v) is 3.60. The van der Waals surface area contributed by atoms with Gasteiger partial charge in [-0.25, -0.2) is 0 Å². The fourth-order valence-electron chi connectivity index (χ4n) is 2.36. The molecule has 2 atom stereocenters. The van der Waals surface area contributed by atoms with E-state index in [1.807, 2.05) is 12.1 Å². The second-order valence-corrected chi connectivity index (χ2v) is 4.78. The maximum absolute atomic E-state index is 9.45. The highest BCUT2D eigenvalue weighted by molar-refractivity contribution is 5.48. The molecule has 0 saturated carbocycles. The quantitative estimate of drug-likeness (QED) is 0.844. The summed E-state index contributed by atoms with van der Waals surface area (Å²) in [7, 11) is 0. The molecular formula is C14H21NO. The Bertz CT molecular complexity index is 331. The number of hydrogen-bond donors (Lipinski definition) is 1. The summed E-state index contributed by atoms with van der Waals surface area (Å²) in [6.07, 6.45) is 2.23. The predicted molar refractivity (Wildman–Crippen MR) is 67.7 cm³/mol. The third kappa shape index (κ3) is 2.38. The first-order chi connectivity index (χ1) is 7.70. The fraction of sp³-hybridized carbons (Fsp3) is 0.571. The van der Waals surface area contributed by atoms with Gasteiger partial charge in [-0.2, -0.15) is 0 Å². The van der Waals surface area contributed by atoms with E-state index >= 15 is 0 Å². The minimum atomic E-state index is -0.365. The zero-order valence-corrected chi connectivity index (χ0v) is 10.2. The highest BCUT2D eigenvalue weighted by Crippen LogP contribution is 2.26. The van der Waals surface area contributed by atoms with Crippen LogP contribution in [0.3, 0.4) is 0 Å². The van der Waals surface area contributed by atoms with E-state index < -0.39 is 0 Å². The summed E-state index contributed by atoms with van der Waals surface area (Å²) in [5.41, 5.74) is 2.29. The van der Waals surface area contributed by atoms with Crippen molar-refractivity contribution in [3.63, 3.8) is 0 Å². The molecule has 1 saturated heterocycles. The molecule has 88 valence electrons. The van der Waals surface area contributed by atoms with Gasteiger partial charge in [0.25, 0.3) is 0 Å². The largest absolute Gasteiger partial charge is 0.389 e. The van der Waals surface area contributed by atoms with Crippen molar-refractivity contribution in [1.82, 2.24) is 0 Å². The van der Waals surface area contributed by atoms with Crippen LogP contribution in [0.15, 0.2) is 24.3 Å². The average Bonchev–Trinajstić information content (AvgIpc) is 2.77. The molecule has 0 spiro atoms. The van der Waals surface area contributed by atoms with Crippen molar-refractivity contribution >= 4 is 5.69 Å². The molecule has 2 rings (SSSR count). The molecule has 2 nitrogen and oxygen atoms in total. The first kappa shape index (κ1) is 11.5. The average molecular weight is 219 g/mol. The second kappa shape index (κ2) is 4.88. The molecule has 1 N–H and O–H groups in total. The first-order valence-corrected chi connectivity index (χ1v) is 6.23. The molecule has 0 aliphatic carbocycles. The maximum atomic E-state index is 9.45. The lowest BCUT2D eigenvalue weighted by molar-refractivity contribution is 0.199. The van der Waals surface area contributed by atoms with Crippen molar-refractivity contribution in [3.8, 4) is 0 Å². The molecule has 1 aromatic carbocycles. The number of rotatable bonds is 3. The van der Waals surface area contributed by atoms with Gasteiger partial charge < -0.3 is 10.0 Å². The Hall–Kier alpha value is -1.02. The molecule has 0 amide bonds. The molecule has 16 heavy (non-hydrogen) atoms. The lowest BCUT2D eigenvalue weighted by Crippen LogP contribution is -2.19. The Balaban J connectivity index is 2.05. The fourth-order valence-corrected chi connectivity index (χ4v) is 2.36. The zero-order chi connectivity index (χ0) is 11.5. The van der Waals surface area contributed by atoms with Gasteiger partial charge in [0.15, 0.2) is 0 Å². The van der Waals surface area contributed by atoms with Crippen molar-refractivity contribution in [2.24, 2.45) is 5.92 Å². The van der Waals surface area contributed by atoms with Gasteiger partial charge in [-0.15, -0.1) is 0 Å². The summed E-state index contributed by atoms with van der Waals surface area (Å²) in [5, 5.41) is 9.45. The van der Waals surface area contributed by atoms with Crippen molar-refractivity contribution in [1.29, 1.82) is 0 Å². The Morgan fingerprint density at radius 3 is 2.56 bits per heavy atom. The summed E-state index contributed by atoms with van der Waals surface area (Å²) >= 11 is 0. The van der Waals surface area contributed by atoms with Crippen LogP contribution in [0.2, 0.25) is 0 Å². The van der Waals surface area contributed by atoms with Gasteiger partial charge in [0.05, 0.1) is 6.10 Å². The molecule has 1 aliphatic rings. The van der Waals surface area contributed by atoms with E-state index in [2.05, 4.69) is 24.0 Å². The van der Waals surface area contributed by atoms with E-state index in [4.69, 9.17) is 0 Å². The second-order valence-electron chi connectivity index (χ2n) is 4.78. The summed E-state index contributed by atoms with van der Waals surface area (Å²) in [6.45, 7) is 6.43. The van der Waals surface area contributed by atoms with Crippen molar-refractivity contribution < 1.29 is 5.11 Å². The summed E-state index contributed by atoms with van der Waals surface area (Å²) in [6, 6.07) is 8.30. The van der Waals surface area contributed by atoms with E-state index in [0.29, 0.717) is 0 Å². The van der Waals surface area contributed by atoms with Crippen LogP contribution in [0, 0.1) is 5.92 Å². The highest BCUT2D eigenvalue weighted by Gasteiger charge is 2.20. The van der Waals surface area contributed by atoms with Gasteiger partial charge >= 0.3 is 0 Å². The minimum Gasteiger partial charge on any atom is -0.389 e. The molecule has 2 unspecified atom stereocenters. The first-order valence-electron chi connectivity index (χ1n) is 6.23. The number of aliphatic hydroxyl groups excluding tert-OH is 1. The van der Waals surface area contributed by atoms with Crippen molar-refractivity contribution in [3.05, 3.63) is 29.8 Å². The van der Waals surface area contributed by atoms with E-state index in [0.717, 1.165) is 11.5 Å². The van der Waals surface area contributed by atoms with Crippen molar-refractivity contribution in [2.45, 2.75) is 32.8 Å². The summed E-state index contributed by atoms with van der Waals surface area (Å²) in [4.78, 5) is 2.44. The monoisotopic (exact) mass is 219 g/mol. The molecular weight excluding hydrogens is 198 g/mol. The SMILES string of the molecule is CCC1CCN(c2ccc(C(C)O)cc2)C1. The molecule has 1 fully saturated rings. The van der Waals surface area contributed by atoms with Crippen LogP contribution >= 0.6 is 0 Å². The zero-order valence-electron chi connectivity index (χ0n) is 10.2. The number of benzene rings is 1. The minimum absolute atomic E-state index is 0.365. The van der Waals surface area contributed by atoms with E-state index in [-0.39, 0.29) is 6.10 Å². The normalized spacial score (nSPS) is 22.4. The van der Waals surface area contributed by atoms with Crippen molar-refractivity contribution in [2.75, 3.05) is 18.0 Å². The highest BCUT2D eigenvalue weighted by atomic mass is 16.3. The molecule has 0 aromatic heterocycles. The van der Waals surface area contributed by atoms with Gasteiger partial charge in [-0.05, 0) is 37.0 Å². The van der Waals surface area contributed by atoms with Gasteiger partial charge in [0.1, 0.15) is 0 Å². The Morgan fingerprint density at radius 2 is 2.06 bits per heavy atom. The van der Waals surface area contributed by atoms with Gasteiger partial charge in [0, 0.05) is 18.8 Å². The maximum Gasteiger partial charge on any atom is 0.0761 e. The Morgan fingerprint density at radius 1 is 1.38 bits per heavy atom. The smallest absolute Gasteiger partial charge is 0.0761 e. The molecule has 1 heterocycles. The number of hydrogen-bond acceptors (Lipinski definition) is 2. The predicted octanol–water partition coefficient (Wildman–Crippen LogP) is 2.98. The van der Waals surface area contributed by atoms with Crippen LogP contribution in [-0.2, 0) is 0 Å². The topological polar surface area (TPSA) is 23.5 Å². The molecule has 1 aromatic rings. The van der Waals surface area contributed by atoms with Crippen LogP contribution in [0.5, 0.6) is 0 Å². The van der Waals surface area contributed by atoms with Crippen LogP contribution in [-0.4, -0.2) is 18.2 Å². The number of aliphatic hydroxyl groups is 1. The number of nitrogens with zero attached hydrogens (tertiary/aromatic N) is 1. The third-order valence-electron chi connectivity index (χ3n) is 3.60. The van der Waals surface area contributed by atoms with E-state index in [9.17, 15) is 5.11 Å². The lowest BCUT2D eigenvalue weighted by atomic mass is 10.1. The van der Waals surface area contributed by atoms with Gasteiger partial charge in [0.2, 0.25) is 0 Å². The summed E-state index contributed by atoms with van der Waals surface area (Å²) < 4.78 is 0. The van der Waals surface area contributed by atoms with Crippen LogP contribution in [0.1, 0.15) is 38.4 Å². The van der Waals surface area contributed by atoms with E-state index in [1.54, 1.807) is 6.92 Å². The van der Waals surface area contributed by atoms with Gasteiger partial charge in [-0.1, -0.05) is 25.5 Å². The summed E-state index contributed by atoms with van der Waals surface area (Å²) in [5.74, 6) is 0.858. The molecule has 0 radical (unpaired) electrons. The van der Waals surface area contributed by atoms with Crippen LogP contribution in [0.25, 0.3) is 0 Å². The Labute approximate surface area is 97.9 Å². The standard InChI is InChI=1S/C14H21NO/c1-3-12-8-9-15(10-12)14-6-4-13(5-7-14)11(2)16/h4-7,11-12,16H,3,8-10H2,1-2H3. The van der Waals surface area contributed by atoms with Crippen LogP contribution < -0.4 is 4.90 Å². The molecule has 1 aliphatic heterocycles.